The molecule has 0 spiro atoms. The van der Waals surface area contributed by atoms with Gasteiger partial charge in [-0.15, -0.1) is 11.3 Å². The molecule has 0 fully saturated rings. The normalized spacial score (nSPS) is 10.8. The molecule has 0 atom stereocenters. The zero-order chi connectivity index (χ0) is 14.7. The largest absolute Gasteiger partial charge is 0.246 e. The lowest BCUT2D eigenvalue weighted by Gasteiger charge is -1.99. The van der Waals surface area contributed by atoms with Gasteiger partial charge < -0.3 is 0 Å². The number of benzene rings is 2. The van der Waals surface area contributed by atoms with Crippen molar-refractivity contribution in [2.75, 3.05) is 0 Å². The first-order valence-corrected chi connectivity index (χ1v) is 8.25. The van der Waals surface area contributed by atoms with Crippen LogP contribution in [0.1, 0.15) is 21.8 Å². The Morgan fingerprint density at radius 1 is 0.762 bits per heavy atom. The van der Waals surface area contributed by atoms with Crippen LogP contribution in [0.15, 0.2) is 53.9 Å². The average molecular weight is 334 g/mol. The first-order chi connectivity index (χ1) is 10.2. The number of hydrogen-bond donors (Lipinski definition) is 0. The second-order valence-electron chi connectivity index (χ2n) is 4.84. The van der Waals surface area contributed by atoms with Gasteiger partial charge in [0, 0.05) is 28.3 Å². The van der Waals surface area contributed by atoms with Crippen molar-refractivity contribution >= 4 is 34.5 Å². The monoisotopic (exact) mass is 333 g/mol. The van der Waals surface area contributed by atoms with Gasteiger partial charge in [0.05, 0.1) is 10.7 Å². The van der Waals surface area contributed by atoms with E-state index in [-0.39, 0.29) is 0 Å². The first-order valence-electron chi connectivity index (χ1n) is 6.61. The molecule has 0 bridgehead atoms. The minimum atomic E-state index is 0.764. The molecule has 4 heteroatoms. The smallest absolute Gasteiger partial charge is 0.0972 e. The van der Waals surface area contributed by atoms with E-state index in [0.29, 0.717) is 0 Å². The Labute approximate surface area is 138 Å². The molecule has 0 aliphatic carbocycles. The maximum absolute atomic E-state index is 5.90. The highest BCUT2D eigenvalue weighted by Gasteiger charge is 2.05. The van der Waals surface area contributed by atoms with E-state index in [9.17, 15) is 0 Å². The highest BCUT2D eigenvalue weighted by Crippen LogP contribution is 2.19. The van der Waals surface area contributed by atoms with Crippen molar-refractivity contribution in [2.24, 2.45) is 0 Å². The van der Waals surface area contributed by atoms with Gasteiger partial charge in [0.2, 0.25) is 0 Å². The van der Waals surface area contributed by atoms with Crippen LogP contribution in [-0.4, -0.2) is 4.98 Å². The van der Waals surface area contributed by atoms with Crippen LogP contribution in [0, 0.1) is 0 Å². The predicted molar refractivity (Wildman–Crippen MR) is 90.6 cm³/mol. The second-order valence-corrected chi connectivity index (χ2v) is 6.65. The summed E-state index contributed by atoms with van der Waals surface area (Å²) >= 11 is 13.5. The quantitative estimate of drug-likeness (QED) is 0.602. The van der Waals surface area contributed by atoms with Gasteiger partial charge in [0.15, 0.2) is 0 Å². The van der Waals surface area contributed by atoms with Crippen LogP contribution < -0.4 is 0 Å². The summed E-state index contributed by atoms with van der Waals surface area (Å²) in [6.07, 6.45) is 1.69. The zero-order valence-electron chi connectivity index (χ0n) is 11.2. The van der Waals surface area contributed by atoms with Gasteiger partial charge >= 0.3 is 0 Å². The van der Waals surface area contributed by atoms with E-state index < -0.39 is 0 Å². The Balaban J connectivity index is 1.68. The molecule has 1 nitrogen and oxygen atoms in total. The molecule has 0 unspecified atom stereocenters. The van der Waals surface area contributed by atoms with Crippen LogP contribution in [0.5, 0.6) is 0 Å². The van der Waals surface area contributed by atoms with Gasteiger partial charge in [-0.25, -0.2) is 4.98 Å². The summed E-state index contributed by atoms with van der Waals surface area (Å²) < 4.78 is 0. The van der Waals surface area contributed by atoms with Gasteiger partial charge in [0.1, 0.15) is 0 Å². The molecule has 0 saturated heterocycles. The van der Waals surface area contributed by atoms with Crippen LogP contribution in [0.4, 0.5) is 0 Å². The number of hydrogen-bond acceptors (Lipinski definition) is 2. The van der Waals surface area contributed by atoms with Gasteiger partial charge in [-0.2, -0.15) is 0 Å². The van der Waals surface area contributed by atoms with E-state index in [1.54, 1.807) is 11.3 Å². The number of rotatable bonds is 4. The van der Waals surface area contributed by atoms with E-state index in [2.05, 4.69) is 5.38 Å². The van der Waals surface area contributed by atoms with Crippen molar-refractivity contribution in [1.82, 2.24) is 4.98 Å². The number of halogens is 2. The number of thiazole rings is 1. The molecule has 0 radical (unpaired) electrons. The van der Waals surface area contributed by atoms with Crippen LogP contribution in [-0.2, 0) is 12.8 Å². The van der Waals surface area contributed by atoms with E-state index in [0.717, 1.165) is 33.6 Å². The summed E-state index contributed by atoms with van der Waals surface area (Å²) in [5, 5.41) is 4.78. The molecule has 0 N–H and O–H groups in total. The van der Waals surface area contributed by atoms with Crippen LogP contribution in [0.25, 0.3) is 0 Å². The van der Waals surface area contributed by atoms with Crippen molar-refractivity contribution in [1.29, 1.82) is 0 Å². The lowest BCUT2D eigenvalue weighted by atomic mass is 10.1. The van der Waals surface area contributed by atoms with Gasteiger partial charge in [0.25, 0.3) is 0 Å². The summed E-state index contributed by atoms with van der Waals surface area (Å²) in [5.41, 5.74) is 3.56. The maximum Gasteiger partial charge on any atom is 0.0972 e. The Hall–Kier alpha value is -1.35. The Morgan fingerprint density at radius 2 is 1.29 bits per heavy atom. The third-order valence-electron chi connectivity index (χ3n) is 3.17. The molecule has 0 amide bonds. The Bertz CT molecular complexity index is 655. The van der Waals surface area contributed by atoms with Gasteiger partial charge in [-0.05, 0) is 35.4 Å². The first kappa shape index (κ1) is 14.6. The van der Waals surface area contributed by atoms with E-state index >= 15 is 0 Å². The molecular formula is C17H13Cl2NS. The fraction of sp³-hybridized carbons (Fsp3) is 0.118. The molecule has 0 aliphatic heterocycles. The molecule has 21 heavy (non-hydrogen) atoms. The molecule has 106 valence electrons. The molecule has 0 aliphatic rings. The lowest BCUT2D eigenvalue weighted by Crippen LogP contribution is -1.91. The Morgan fingerprint density at radius 3 is 1.86 bits per heavy atom. The van der Waals surface area contributed by atoms with Gasteiger partial charge in [-0.3, -0.25) is 0 Å². The molecular weight excluding hydrogens is 321 g/mol. The van der Waals surface area contributed by atoms with Crippen LogP contribution in [0.2, 0.25) is 10.0 Å². The molecule has 0 saturated carbocycles. The highest BCUT2D eigenvalue weighted by atomic mass is 35.5. The molecule has 3 rings (SSSR count). The van der Waals surface area contributed by atoms with E-state index in [1.165, 1.54) is 11.1 Å². The predicted octanol–water partition coefficient (Wildman–Crippen LogP) is 5.63. The van der Waals surface area contributed by atoms with E-state index in [4.69, 9.17) is 28.2 Å². The fourth-order valence-electron chi connectivity index (χ4n) is 2.10. The highest BCUT2D eigenvalue weighted by molar-refractivity contribution is 7.09. The van der Waals surface area contributed by atoms with Crippen molar-refractivity contribution in [2.45, 2.75) is 12.8 Å². The van der Waals surface area contributed by atoms with Crippen LogP contribution in [0.3, 0.4) is 0 Å². The van der Waals surface area contributed by atoms with E-state index in [1.807, 2.05) is 48.5 Å². The summed E-state index contributed by atoms with van der Waals surface area (Å²) in [6.45, 7) is 0. The molecule has 1 aromatic heterocycles. The van der Waals surface area contributed by atoms with Gasteiger partial charge in [-0.1, -0.05) is 47.5 Å². The number of nitrogens with zero attached hydrogens (tertiary/aromatic N) is 1. The SMILES string of the molecule is Clc1ccc(Cc2csc(Cc3ccc(Cl)cc3)n2)cc1. The summed E-state index contributed by atoms with van der Waals surface area (Å²) in [6, 6.07) is 15.8. The van der Waals surface area contributed by atoms with Crippen molar-refractivity contribution < 1.29 is 0 Å². The van der Waals surface area contributed by atoms with Crippen molar-refractivity contribution in [3.63, 3.8) is 0 Å². The fourth-order valence-corrected chi connectivity index (χ4v) is 3.18. The molecule has 3 aromatic rings. The van der Waals surface area contributed by atoms with Crippen LogP contribution >= 0.6 is 34.5 Å². The summed E-state index contributed by atoms with van der Waals surface area (Å²) in [7, 11) is 0. The van der Waals surface area contributed by atoms with Crippen molar-refractivity contribution in [3.8, 4) is 0 Å². The Kier molecular flexibility index (Phi) is 4.59. The summed E-state index contributed by atoms with van der Waals surface area (Å²) in [4.78, 5) is 4.70. The topological polar surface area (TPSA) is 12.9 Å². The zero-order valence-corrected chi connectivity index (χ0v) is 13.6. The van der Waals surface area contributed by atoms with Crippen molar-refractivity contribution in [3.05, 3.63) is 85.8 Å². The lowest BCUT2D eigenvalue weighted by molar-refractivity contribution is 1.04. The maximum atomic E-state index is 5.90. The second kappa shape index (κ2) is 6.61. The minimum absolute atomic E-state index is 0.764. The standard InChI is InChI=1S/C17H13Cl2NS/c18-14-5-1-12(2-6-14)9-16-11-21-17(20-16)10-13-3-7-15(19)8-4-13/h1-8,11H,9-10H2. The third kappa shape index (κ3) is 4.07. The molecule has 2 aromatic carbocycles. The minimum Gasteiger partial charge on any atom is -0.246 e. The number of aromatic nitrogens is 1. The molecule has 1 heterocycles. The summed E-state index contributed by atoms with van der Waals surface area (Å²) in [5.74, 6) is 0. The average Bonchev–Trinajstić information content (AvgIpc) is 2.91. The third-order valence-corrected chi connectivity index (χ3v) is 4.57.